The molecule has 0 bridgehead atoms. The Morgan fingerprint density at radius 2 is 1.62 bits per heavy atom. The molecule has 4 aromatic carbocycles. The van der Waals surface area contributed by atoms with E-state index < -0.39 is 0 Å². The van der Waals surface area contributed by atoms with Gasteiger partial charge in [0.2, 0.25) is 0 Å². The summed E-state index contributed by atoms with van der Waals surface area (Å²) < 4.78 is 11.9. The van der Waals surface area contributed by atoms with Gasteiger partial charge in [-0.25, -0.2) is 0 Å². The largest absolute Gasteiger partial charge is 0.493 e. The Morgan fingerprint density at radius 3 is 2.41 bits per heavy atom. The smallest absolute Gasteiger partial charge is 0.251 e. The topological polar surface area (TPSA) is 47.6 Å². The molecule has 0 aliphatic rings. The lowest BCUT2D eigenvalue weighted by atomic mass is 10.1. The molecule has 4 nitrogen and oxygen atoms in total. The Kier molecular flexibility index (Phi) is 7.82. The highest BCUT2D eigenvalue weighted by Gasteiger charge is 2.14. The van der Waals surface area contributed by atoms with Crippen molar-refractivity contribution in [3.63, 3.8) is 0 Å². The lowest BCUT2D eigenvalue weighted by Crippen LogP contribution is -2.33. The Labute approximate surface area is 201 Å². The van der Waals surface area contributed by atoms with Crippen molar-refractivity contribution in [3.05, 3.63) is 108 Å². The van der Waals surface area contributed by atoms with E-state index in [0.717, 1.165) is 35.3 Å². The molecule has 0 aliphatic heterocycles. The van der Waals surface area contributed by atoms with E-state index in [4.69, 9.17) is 9.47 Å². The van der Waals surface area contributed by atoms with Gasteiger partial charge in [0, 0.05) is 17.2 Å². The number of carbonyl (C=O) groups is 1. The van der Waals surface area contributed by atoms with Gasteiger partial charge in [0.1, 0.15) is 18.1 Å². The normalized spacial score (nSPS) is 11.7. The molecule has 4 heteroatoms. The molecule has 34 heavy (non-hydrogen) atoms. The third kappa shape index (κ3) is 6.16. The van der Waals surface area contributed by atoms with Crippen LogP contribution in [-0.2, 0) is 13.0 Å². The third-order valence-corrected chi connectivity index (χ3v) is 5.82. The molecule has 1 atom stereocenters. The summed E-state index contributed by atoms with van der Waals surface area (Å²) in [7, 11) is 0. The quantitative estimate of drug-likeness (QED) is 0.295. The highest BCUT2D eigenvalue weighted by molar-refractivity contribution is 5.94. The second kappa shape index (κ2) is 11.4. The van der Waals surface area contributed by atoms with Crippen LogP contribution in [0.2, 0.25) is 0 Å². The molecule has 0 saturated carbocycles. The molecular formula is C30H31NO3. The summed E-state index contributed by atoms with van der Waals surface area (Å²) in [6, 6.07) is 30.2. The maximum Gasteiger partial charge on any atom is 0.251 e. The number of ether oxygens (including phenoxy) is 2. The monoisotopic (exact) mass is 453 g/mol. The van der Waals surface area contributed by atoms with E-state index in [9.17, 15) is 4.79 Å². The first-order valence-electron chi connectivity index (χ1n) is 11.8. The van der Waals surface area contributed by atoms with E-state index in [-0.39, 0.29) is 11.9 Å². The maximum atomic E-state index is 12.9. The molecule has 174 valence electrons. The van der Waals surface area contributed by atoms with Crippen molar-refractivity contribution >= 4 is 16.7 Å². The SMILES string of the molecule is CCOc1ccc(C(=O)NC(C)CCc2ccccc2)cc1COc1ccc2ccccc2c1. The highest BCUT2D eigenvalue weighted by Crippen LogP contribution is 2.25. The minimum atomic E-state index is -0.0874. The maximum absolute atomic E-state index is 12.9. The van der Waals surface area contributed by atoms with Crippen molar-refractivity contribution < 1.29 is 14.3 Å². The molecule has 0 fully saturated rings. The van der Waals surface area contributed by atoms with Gasteiger partial charge in [-0.15, -0.1) is 0 Å². The van der Waals surface area contributed by atoms with Crippen LogP contribution in [0.3, 0.4) is 0 Å². The number of hydrogen-bond donors (Lipinski definition) is 1. The first kappa shape index (κ1) is 23.4. The molecule has 0 radical (unpaired) electrons. The molecule has 0 saturated heterocycles. The van der Waals surface area contributed by atoms with Crippen molar-refractivity contribution in [2.24, 2.45) is 0 Å². The predicted octanol–water partition coefficient (Wildman–Crippen LogP) is 6.57. The molecule has 0 heterocycles. The van der Waals surface area contributed by atoms with Gasteiger partial charge < -0.3 is 14.8 Å². The van der Waals surface area contributed by atoms with Crippen LogP contribution in [0.4, 0.5) is 0 Å². The fourth-order valence-electron chi connectivity index (χ4n) is 3.96. The van der Waals surface area contributed by atoms with Crippen molar-refractivity contribution in [1.82, 2.24) is 5.32 Å². The first-order chi connectivity index (χ1) is 16.6. The van der Waals surface area contributed by atoms with Gasteiger partial charge in [0.15, 0.2) is 0 Å². The number of aryl methyl sites for hydroxylation is 1. The van der Waals surface area contributed by atoms with Gasteiger partial charge in [0.25, 0.3) is 5.91 Å². The number of hydrogen-bond acceptors (Lipinski definition) is 3. The Bertz CT molecular complexity index is 1240. The number of fused-ring (bicyclic) bond motifs is 1. The summed E-state index contributed by atoms with van der Waals surface area (Å²) >= 11 is 0. The molecule has 4 aromatic rings. The van der Waals surface area contributed by atoms with Crippen molar-refractivity contribution in [2.75, 3.05) is 6.61 Å². The molecule has 0 aliphatic carbocycles. The number of nitrogens with one attached hydrogen (secondary N) is 1. The molecule has 0 spiro atoms. The zero-order chi connectivity index (χ0) is 23.8. The zero-order valence-electron chi connectivity index (χ0n) is 19.8. The summed E-state index contributed by atoms with van der Waals surface area (Å²) in [6.45, 7) is 4.85. The van der Waals surface area contributed by atoms with Gasteiger partial charge in [-0.2, -0.15) is 0 Å². The first-order valence-corrected chi connectivity index (χ1v) is 11.8. The van der Waals surface area contributed by atoms with Crippen molar-refractivity contribution in [2.45, 2.75) is 39.3 Å². The summed E-state index contributed by atoms with van der Waals surface area (Å²) in [5.74, 6) is 1.43. The van der Waals surface area contributed by atoms with E-state index in [1.807, 2.05) is 74.5 Å². The second-order valence-electron chi connectivity index (χ2n) is 8.45. The van der Waals surface area contributed by atoms with Gasteiger partial charge in [-0.05, 0) is 73.4 Å². The van der Waals surface area contributed by atoms with Crippen LogP contribution in [-0.4, -0.2) is 18.6 Å². The Hall–Kier alpha value is -3.79. The number of benzene rings is 4. The number of carbonyl (C=O) groups excluding carboxylic acids is 1. The molecular weight excluding hydrogens is 422 g/mol. The van der Waals surface area contributed by atoms with E-state index >= 15 is 0 Å². The fourth-order valence-corrected chi connectivity index (χ4v) is 3.96. The van der Waals surface area contributed by atoms with Gasteiger partial charge in [-0.1, -0.05) is 60.7 Å². The molecule has 1 amide bonds. The van der Waals surface area contributed by atoms with Crippen molar-refractivity contribution in [3.8, 4) is 11.5 Å². The van der Waals surface area contributed by atoms with E-state index in [1.54, 1.807) is 0 Å². The summed E-state index contributed by atoms with van der Waals surface area (Å²) in [5.41, 5.74) is 2.73. The van der Waals surface area contributed by atoms with E-state index in [1.165, 1.54) is 10.9 Å². The minimum absolute atomic E-state index is 0.0663. The fraction of sp³-hybridized carbons (Fsp3) is 0.233. The molecule has 1 unspecified atom stereocenters. The van der Waals surface area contributed by atoms with Gasteiger partial charge in [0.05, 0.1) is 6.61 Å². The highest BCUT2D eigenvalue weighted by atomic mass is 16.5. The summed E-state index contributed by atoms with van der Waals surface area (Å²) in [6.07, 6.45) is 1.81. The number of rotatable bonds is 10. The van der Waals surface area contributed by atoms with Crippen LogP contribution in [0, 0.1) is 0 Å². The second-order valence-corrected chi connectivity index (χ2v) is 8.45. The Morgan fingerprint density at radius 1 is 0.853 bits per heavy atom. The van der Waals surface area contributed by atoms with Crippen LogP contribution in [0.15, 0.2) is 91.0 Å². The molecule has 0 aromatic heterocycles. The van der Waals surface area contributed by atoms with E-state index in [0.29, 0.717) is 18.8 Å². The molecule has 4 rings (SSSR count). The average Bonchev–Trinajstić information content (AvgIpc) is 2.87. The van der Waals surface area contributed by atoms with Gasteiger partial charge in [-0.3, -0.25) is 4.79 Å². The van der Waals surface area contributed by atoms with Crippen LogP contribution in [0.5, 0.6) is 11.5 Å². The van der Waals surface area contributed by atoms with Crippen molar-refractivity contribution in [1.29, 1.82) is 0 Å². The van der Waals surface area contributed by atoms with Crippen LogP contribution >= 0.6 is 0 Å². The lowest BCUT2D eigenvalue weighted by molar-refractivity contribution is 0.0938. The van der Waals surface area contributed by atoms with E-state index in [2.05, 4.69) is 35.6 Å². The van der Waals surface area contributed by atoms with Gasteiger partial charge >= 0.3 is 0 Å². The third-order valence-electron chi connectivity index (χ3n) is 5.82. The van der Waals surface area contributed by atoms with Crippen LogP contribution in [0.25, 0.3) is 10.8 Å². The Balaban J connectivity index is 1.42. The average molecular weight is 454 g/mol. The zero-order valence-corrected chi connectivity index (χ0v) is 19.8. The number of amides is 1. The minimum Gasteiger partial charge on any atom is -0.493 e. The summed E-state index contributed by atoms with van der Waals surface area (Å²) in [4.78, 5) is 12.9. The lowest BCUT2D eigenvalue weighted by Gasteiger charge is -2.16. The predicted molar refractivity (Wildman–Crippen MR) is 138 cm³/mol. The van der Waals surface area contributed by atoms with Crippen LogP contribution < -0.4 is 14.8 Å². The molecule has 1 N–H and O–H groups in total. The standard InChI is InChI=1S/C30H31NO3/c1-3-33-29-18-16-26(30(32)31-22(2)13-14-23-9-5-4-6-10-23)19-27(29)21-34-28-17-15-24-11-7-8-12-25(24)20-28/h4-12,15-20,22H,3,13-14,21H2,1-2H3,(H,31,32). The van der Waals surface area contributed by atoms with Crippen LogP contribution in [0.1, 0.15) is 41.8 Å². The summed E-state index contributed by atoms with van der Waals surface area (Å²) in [5, 5.41) is 5.42.